The lowest BCUT2D eigenvalue weighted by atomic mass is 9.83. The first-order chi connectivity index (χ1) is 15.3. The molecular weight excluding hydrogens is 419 g/mol. The van der Waals surface area contributed by atoms with E-state index in [9.17, 15) is 18.0 Å². The molecule has 2 aromatic carbocycles. The van der Waals surface area contributed by atoms with Crippen LogP contribution in [0.25, 0.3) is 0 Å². The van der Waals surface area contributed by atoms with Crippen LogP contribution in [0.3, 0.4) is 0 Å². The molecule has 1 aliphatic rings. The molecule has 0 radical (unpaired) electrons. The van der Waals surface area contributed by atoms with Crippen molar-refractivity contribution in [1.82, 2.24) is 9.97 Å². The fourth-order valence-electron chi connectivity index (χ4n) is 4.40. The third-order valence-corrected chi connectivity index (χ3v) is 6.28. The van der Waals surface area contributed by atoms with Gasteiger partial charge >= 0.3 is 12.3 Å². The van der Waals surface area contributed by atoms with Crippen LogP contribution in [-0.2, 0) is 17.5 Å². The van der Waals surface area contributed by atoms with E-state index < -0.39 is 11.7 Å². The van der Waals surface area contributed by atoms with Gasteiger partial charge in [-0.1, -0.05) is 48.5 Å². The minimum absolute atomic E-state index is 0.0180. The summed E-state index contributed by atoms with van der Waals surface area (Å²) in [6.45, 7) is 0.593. The monoisotopic (exact) mass is 444 g/mol. The minimum atomic E-state index is -4.39. The molecule has 5 nitrogen and oxygen atoms in total. The quantitative estimate of drug-likeness (QED) is 0.515. The molecule has 4 rings (SSSR count). The number of hydrogen-bond acceptors (Lipinski definition) is 3. The van der Waals surface area contributed by atoms with Crippen LogP contribution in [0.2, 0.25) is 0 Å². The number of likely N-dealkylation sites (tertiary alicyclic amines) is 1. The Morgan fingerprint density at radius 1 is 1.19 bits per heavy atom. The molecule has 3 unspecified atom stereocenters. The van der Waals surface area contributed by atoms with Crippen LogP contribution in [-0.4, -0.2) is 34.1 Å². The first-order valence-corrected chi connectivity index (χ1v) is 10.5. The summed E-state index contributed by atoms with van der Waals surface area (Å²) >= 11 is 0. The van der Waals surface area contributed by atoms with E-state index >= 15 is 0 Å². The van der Waals surface area contributed by atoms with Crippen LogP contribution in [0.5, 0.6) is 0 Å². The Labute approximate surface area is 184 Å². The zero-order valence-electron chi connectivity index (χ0n) is 17.7. The zero-order chi connectivity index (χ0) is 22.8. The number of ether oxygens (including phenoxy) is 1. The summed E-state index contributed by atoms with van der Waals surface area (Å²) in [6.07, 6.45) is -0.429. The highest BCUT2D eigenvalue weighted by Gasteiger charge is 2.49. The zero-order valence-corrected chi connectivity index (χ0v) is 17.7. The highest BCUT2D eigenvalue weighted by atomic mass is 19.4. The molecule has 0 saturated carbocycles. The lowest BCUT2D eigenvalue weighted by Gasteiger charge is -2.42. The third kappa shape index (κ3) is 4.55. The normalized spacial score (nSPS) is 23.6. The van der Waals surface area contributed by atoms with Crippen LogP contribution in [0.4, 0.5) is 18.0 Å². The van der Waals surface area contributed by atoms with Gasteiger partial charge in [0.05, 0.1) is 19.2 Å². The van der Waals surface area contributed by atoms with Gasteiger partial charge in [0, 0.05) is 25.2 Å². The molecule has 1 aliphatic heterocycles. The van der Waals surface area contributed by atoms with Gasteiger partial charge in [-0.3, -0.25) is 0 Å². The summed E-state index contributed by atoms with van der Waals surface area (Å²) in [6, 6.07) is 14.5. The summed E-state index contributed by atoms with van der Waals surface area (Å²) in [4.78, 5) is 20.6. The first-order valence-electron chi connectivity index (χ1n) is 10.5. The predicted octanol–water partition coefficient (Wildman–Crippen LogP) is 5.83. The summed E-state index contributed by atoms with van der Waals surface area (Å²) in [5.74, 6) is 0.501. The van der Waals surface area contributed by atoms with E-state index in [0.29, 0.717) is 30.8 Å². The SMILES string of the molecule is C[N+]1(C(=O)OCc2ccccc2)CCC(c2cccc(C(F)(F)F)c2)CC1c1ncc[nH]1. The smallest absolute Gasteiger partial charge is 0.415 e. The molecule has 2 heterocycles. The van der Waals surface area contributed by atoms with E-state index in [-0.39, 0.29) is 29.1 Å². The molecule has 1 fully saturated rings. The molecule has 0 aliphatic carbocycles. The van der Waals surface area contributed by atoms with E-state index in [4.69, 9.17) is 4.74 Å². The number of aromatic amines is 1. The highest BCUT2D eigenvalue weighted by molar-refractivity contribution is 5.60. The third-order valence-electron chi connectivity index (χ3n) is 6.28. The van der Waals surface area contributed by atoms with Crippen LogP contribution >= 0.6 is 0 Å². The number of halogens is 3. The number of imidazole rings is 1. The lowest BCUT2D eigenvalue weighted by molar-refractivity contribution is -0.877. The summed E-state index contributed by atoms with van der Waals surface area (Å²) in [5.41, 5.74) is 0.857. The van der Waals surface area contributed by atoms with Crippen LogP contribution in [0.15, 0.2) is 67.0 Å². The Morgan fingerprint density at radius 3 is 2.66 bits per heavy atom. The Balaban J connectivity index is 1.57. The van der Waals surface area contributed by atoms with Crippen molar-refractivity contribution in [3.8, 4) is 0 Å². The number of carbonyl (C=O) groups excluding carboxylic acids is 1. The van der Waals surface area contributed by atoms with Crippen molar-refractivity contribution in [2.75, 3.05) is 13.6 Å². The van der Waals surface area contributed by atoms with Crippen molar-refractivity contribution in [3.05, 3.63) is 89.5 Å². The average molecular weight is 444 g/mol. The van der Waals surface area contributed by atoms with Gasteiger partial charge in [0.1, 0.15) is 6.61 Å². The Morgan fingerprint density at radius 2 is 1.97 bits per heavy atom. The number of piperidine rings is 1. The molecular formula is C24H25F3N3O2+. The number of benzene rings is 2. The maximum absolute atomic E-state index is 13.2. The molecule has 1 saturated heterocycles. The number of rotatable bonds is 4. The standard InChI is InChI=1S/C24H25F3N3O2/c1-30(23(31)32-16-17-6-3-2-4-7-17)13-10-19(15-21(30)22-28-11-12-29-22)18-8-5-9-20(14-18)24(25,26)27/h2-9,11-12,14,19,21H,10,13,15-16H2,1H3,(H,28,29)/q+1. The number of nitrogens with zero attached hydrogens (tertiary/aromatic N) is 2. The maximum Gasteiger partial charge on any atom is 0.516 e. The van der Waals surface area contributed by atoms with Crippen molar-refractivity contribution >= 4 is 6.09 Å². The Kier molecular flexibility index (Phi) is 6.06. The lowest BCUT2D eigenvalue weighted by Crippen LogP contribution is -2.55. The molecule has 3 aromatic rings. The van der Waals surface area contributed by atoms with E-state index in [1.807, 2.05) is 37.4 Å². The number of amides is 1. The second kappa shape index (κ2) is 8.78. The molecule has 1 amide bonds. The van der Waals surface area contributed by atoms with E-state index in [0.717, 1.165) is 11.6 Å². The molecule has 1 N–H and O–H groups in total. The van der Waals surface area contributed by atoms with Gasteiger partial charge in [-0.05, 0) is 23.1 Å². The van der Waals surface area contributed by atoms with Crippen molar-refractivity contribution in [3.63, 3.8) is 0 Å². The number of H-pyrrole nitrogens is 1. The highest BCUT2D eigenvalue weighted by Crippen LogP contribution is 2.43. The molecule has 0 spiro atoms. The molecule has 0 bridgehead atoms. The fraction of sp³-hybridized carbons (Fsp3) is 0.333. The van der Waals surface area contributed by atoms with Gasteiger partial charge in [-0.15, -0.1) is 0 Å². The average Bonchev–Trinajstić information content (AvgIpc) is 3.32. The largest absolute Gasteiger partial charge is 0.516 e. The minimum Gasteiger partial charge on any atom is -0.415 e. The number of carbonyl (C=O) groups is 1. The maximum atomic E-state index is 13.2. The van der Waals surface area contributed by atoms with Gasteiger partial charge in [0.15, 0.2) is 11.9 Å². The number of nitrogens with one attached hydrogen (secondary N) is 1. The van der Waals surface area contributed by atoms with Gasteiger partial charge < -0.3 is 9.72 Å². The second-order valence-corrected chi connectivity index (χ2v) is 8.37. The topological polar surface area (TPSA) is 55.0 Å². The Bertz CT molecular complexity index is 1050. The van der Waals surface area contributed by atoms with Gasteiger partial charge in [0.2, 0.25) is 0 Å². The van der Waals surface area contributed by atoms with E-state index in [2.05, 4.69) is 9.97 Å². The van der Waals surface area contributed by atoms with Crippen LogP contribution in [0.1, 0.15) is 47.3 Å². The van der Waals surface area contributed by atoms with Gasteiger partial charge in [0.25, 0.3) is 0 Å². The number of alkyl halides is 3. The number of quaternary nitrogens is 1. The van der Waals surface area contributed by atoms with E-state index in [1.165, 1.54) is 12.1 Å². The van der Waals surface area contributed by atoms with Gasteiger partial charge in [-0.25, -0.2) is 9.47 Å². The van der Waals surface area contributed by atoms with Crippen molar-refractivity contribution in [2.24, 2.45) is 0 Å². The molecule has 32 heavy (non-hydrogen) atoms. The van der Waals surface area contributed by atoms with Gasteiger partial charge in [-0.2, -0.15) is 18.0 Å². The van der Waals surface area contributed by atoms with E-state index in [1.54, 1.807) is 18.5 Å². The second-order valence-electron chi connectivity index (χ2n) is 8.37. The summed E-state index contributed by atoms with van der Waals surface area (Å²) in [7, 11) is 1.81. The summed E-state index contributed by atoms with van der Waals surface area (Å²) < 4.78 is 45.3. The Hall–Kier alpha value is -3.13. The number of hydrogen-bond donors (Lipinski definition) is 1. The van der Waals surface area contributed by atoms with Crippen LogP contribution < -0.4 is 0 Å². The van der Waals surface area contributed by atoms with Crippen molar-refractivity contribution < 1.29 is 27.2 Å². The van der Waals surface area contributed by atoms with Crippen LogP contribution in [0, 0.1) is 0 Å². The molecule has 3 atom stereocenters. The molecule has 1 aromatic heterocycles. The predicted molar refractivity (Wildman–Crippen MR) is 112 cm³/mol. The summed E-state index contributed by atoms with van der Waals surface area (Å²) in [5, 5.41) is 0. The molecule has 8 heteroatoms. The van der Waals surface area contributed by atoms with Crippen molar-refractivity contribution in [2.45, 2.75) is 37.6 Å². The number of aromatic nitrogens is 2. The van der Waals surface area contributed by atoms with Crippen molar-refractivity contribution in [1.29, 1.82) is 0 Å². The molecule has 168 valence electrons. The fourth-order valence-corrected chi connectivity index (χ4v) is 4.40. The first kappa shape index (κ1) is 22.1.